The molecule has 0 spiro atoms. The Bertz CT molecular complexity index is 559. The number of morpholine rings is 1. The van der Waals surface area contributed by atoms with Crippen LogP contribution >= 0.6 is 0 Å². The minimum absolute atomic E-state index is 0.0554. The number of aromatic hydroxyl groups is 1. The van der Waals surface area contributed by atoms with Gasteiger partial charge in [-0.05, 0) is 44.7 Å². The van der Waals surface area contributed by atoms with Crippen LogP contribution < -0.4 is 0 Å². The summed E-state index contributed by atoms with van der Waals surface area (Å²) in [4.78, 5) is 16.9. The number of likely N-dealkylation sites (tertiary alicyclic amines) is 1. The number of hydrogen-bond donors (Lipinski definition) is 1. The normalized spacial score (nSPS) is 26.5. The van der Waals surface area contributed by atoms with Crippen LogP contribution in [0.2, 0.25) is 0 Å². The standard InChI is InChI=1S/C19H28N2O3/c1-14-11-20(12-15(2)24-14)13-16-7-9-21(10-8-16)19(23)17-5-3-4-6-18(17)22/h3-6,14-16,22H,7-13H2,1-2H3/t14-,15+. The molecular formula is C19H28N2O3. The summed E-state index contributed by atoms with van der Waals surface area (Å²) in [5.74, 6) is 0.650. The summed E-state index contributed by atoms with van der Waals surface area (Å²) in [6.45, 7) is 8.91. The molecule has 2 heterocycles. The number of hydrogen-bond acceptors (Lipinski definition) is 4. The smallest absolute Gasteiger partial charge is 0.257 e. The zero-order chi connectivity index (χ0) is 17.1. The molecule has 2 fully saturated rings. The molecule has 0 saturated carbocycles. The molecule has 5 nitrogen and oxygen atoms in total. The largest absolute Gasteiger partial charge is 0.507 e. The van der Waals surface area contributed by atoms with E-state index in [0.717, 1.165) is 45.6 Å². The highest BCUT2D eigenvalue weighted by Gasteiger charge is 2.28. The van der Waals surface area contributed by atoms with Gasteiger partial charge in [0, 0.05) is 32.7 Å². The third-order valence-corrected chi connectivity index (χ3v) is 5.05. The Morgan fingerprint density at radius 3 is 2.42 bits per heavy atom. The Kier molecular flexibility index (Phi) is 5.41. The van der Waals surface area contributed by atoms with E-state index >= 15 is 0 Å². The first-order valence-corrected chi connectivity index (χ1v) is 8.98. The van der Waals surface area contributed by atoms with Crippen LogP contribution in [0.4, 0.5) is 0 Å². The van der Waals surface area contributed by atoms with Crippen LogP contribution in [0.3, 0.4) is 0 Å². The highest BCUT2D eigenvalue weighted by atomic mass is 16.5. The van der Waals surface area contributed by atoms with Gasteiger partial charge in [-0.25, -0.2) is 0 Å². The van der Waals surface area contributed by atoms with Crippen LogP contribution in [0.25, 0.3) is 0 Å². The second-order valence-corrected chi connectivity index (χ2v) is 7.23. The Morgan fingerprint density at radius 1 is 1.17 bits per heavy atom. The first-order chi connectivity index (χ1) is 11.5. The van der Waals surface area contributed by atoms with Crippen molar-refractivity contribution < 1.29 is 14.6 Å². The van der Waals surface area contributed by atoms with E-state index in [9.17, 15) is 9.90 Å². The lowest BCUT2D eigenvalue weighted by molar-refractivity contribution is -0.0728. The SMILES string of the molecule is C[C@@H]1CN(CC2CCN(C(=O)c3ccccc3O)CC2)C[C@H](C)O1. The van der Waals surface area contributed by atoms with Crippen LogP contribution in [0, 0.1) is 5.92 Å². The average molecular weight is 332 g/mol. The molecule has 2 saturated heterocycles. The van der Waals surface area contributed by atoms with Gasteiger partial charge in [-0.2, -0.15) is 0 Å². The van der Waals surface area contributed by atoms with E-state index in [0.29, 0.717) is 23.7 Å². The van der Waals surface area contributed by atoms with Crippen molar-refractivity contribution in [2.75, 3.05) is 32.7 Å². The third kappa shape index (κ3) is 4.08. The summed E-state index contributed by atoms with van der Waals surface area (Å²) in [7, 11) is 0. The molecule has 5 heteroatoms. The molecule has 0 aromatic heterocycles. The maximum absolute atomic E-state index is 12.5. The zero-order valence-corrected chi connectivity index (χ0v) is 14.6. The Balaban J connectivity index is 1.51. The lowest BCUT2D eigenvalue weighted by Gasteiger charge is -2.39. The number of carbonyl (C=O) groups excluding carboxylic acids is 1. The van der Waals surface area contributed by atoms with E-state index in [4.69, 9.17) is 4.74 Å². The van der Waals surface area contributed by atoms with Crippen molar-refractivity contribution in [2.24, 2.45) is 5.92 Å². The molecule has 0 bridgehead atoms. The molecular weight excluding hydrogens is 304 g/mol. The van der Waals surface area contributed by atoms with Gasteiger partial charge in [0.15, 0.2) is 0 Å². The maximum atomic E-state index is 12.5. The second kappa shape index (κ2) is 7.53. The molecule has 3 rings (SSSR count). The molecule has 2 aliphatic rings. The summed E-state index contributed by atoms with van der Waals surface area (Å²) in [6.07, 6.45) is 2.66. The van der Waals surface area contributed by atoms with E-state index in [1.54, 1.807) is 24.3 Å². The van der Waals surface area contributed by atoms with E-state index < -0.39 is 0 Å². The molecule has 1 amide bonds. The fourth-order valence-electron chi connectivity index (χ4n) is 3.94. The average Bonchev–Trinajstić information content (AvgIpc) is 2.54. The minimum atomic E-state index is -0.0554. The number of carbonyl (C=O) groups is 1. The van der Waals surface area contributed by atoms with Crippen molar-refractivity contribution >= 4 is 5.91 Å². The summed E-state index contributed by atoms with van der Waals surface area (Å²) >= 11 is 0. The lowest BCUT2D eigenvalue weighted by atomic mass is 9.95. The number of phenolic OH excluding ortho intramolecular Hbond substituents is 1. The number of amides is 1. The number of rotatable bonds is 3. The summed E-state index contributed by atoms with van der Waals surface area (Å²) in [5, 5.41) is 9.86. The van der Waals surface area contributed by atoms with Gasteiger partial charge in [-0.3, -0.25) is 9.69 Å². The highest BCUT2D eigenvalue weighted by molar-refractivity contribution is 5.96. The summed E-state index contributed by atoms with van der Waals surface area (Å²) in [5.41, 5.74) is 0.409. The van der Waals surface area contributed by atoms with Crippen molar-refractivity contribution in [1.29, 1.82) is 0 Å². The Morgan fingerprint density at radius 2 is 1.79 bits per heavy atom. The van der Waals surface area contributed by atoms with Gasteiger partial charge in [0.1, 0.15) is 5.75 Å². The minimum Gasteiger partial charge on any atom is -0.507 e. The monoisotopic (exact) mass is 332 g/mol. The van der Waals surface area contributed by atoms with Crippen LogP contribution in [0.5, 0.6) is 5.75 Å². The molecule has 1 aromatic carbocycles. The fraction of sp³-hybridized carbons (Fsp3) is 0.632. The molecule has 0 unspecified atom stereocenters. The quantitative estimate of drug-likeness (QED) is 0.923. The number of piperidine rings is 1. The first-order valence-electron chi connectivity index (χ1n) is 8.98. The van der Waals surface area contributed by atoms with Gasteiger partial charge in [0.25, 0.3) is 5.91 Å². The second-order valence-electron chi connectivity index (χ2n) is 7.23. The molecule has 1 N–H and O–H groups in total. The molecule has 24 heavy (non-hydrogen) atoms. The Hall–Kier alpha value is -1.59. The van der Waals surface area contributed by atoms with Crippen molar-refractivity contribution in [3.8, 4) is 5.75 Å². The van der Waals surface area contributed by atoms with Gasteiger partial charge in [-0.15, -0.1) is 0 Å². The molecule has 1 aromatic rings. The van der Waals surface area contributed by atoms with E-state index in [1.807, 2.05) is 4.90 Å². The predicted molar refractivity (Wildman–Crippen MR) is 93.2 cm³/mol. The zero-order valence-electron chi connectivity index (χ0n) is 14.6. The predicted octanol–water partition coefficient (Wildman–Crippen LogP) is 2.35. The van der Waals surface area contributed by atoms with E-state index in [-0.39, 0.29) is 11.7 Å². The van der Waals surface area contributed by atoms with Crippen molar-refractivity contribution in [3.63, 3.8) is 0 Å². The summed E-state index contributed by atoms with van der Waals surface area (Å²) in [6, 6.07) is 6.80. The number of phenols is 1. The fourth-order valence-corrected chi connectivity index (χ4v) is 3.94. The van der Waals surface area contributed by atoms with Crippen LogP contribution in [0.15, 0.2) is 24.3 Å². The van der Waals surface area contributed by atoms with Crippen molar-refractivity contribution in [2.45, 2.75) is 38.9 Å². The number of benzene rings is 1. The Labute approximate surface area is 144 Å². The van der Waals surface area contributed by atoms with Crippen LogP contribution in [0.1, 0.15) is 37.0 Å². The molecule has 132 valence electrons. The first kappa shape index (κ1) is 17.2. The van der Waals surface area contributed by atoms with Crippen LogP contribution in [-0.4, -0.2) is 65.7 Å². The van der Waals surface area contributed by atoms with Gasteiger partial charge in [-0.1, -0.05) is 12.1 Å². The highest BCUT2D eigenvalue weighted by Crippen LogP contribution is 2.24. The van der Waals surface area contributed by atoms with Crippen molar-refractivity contribution in [1.82, 2.24) is 9.80 Å². The molecule has 0 aliphatic carbocycles. The third-order valence-electron chi connectivity index (χ3n) is 5.05. The van der Waals surface area contributed by atoms with Gasteiger partial charge in [0.2, 0.25) is 0 Å². The van der Waals surface area contributed by atoms with Gasteiger partial charge < -0.3 is 14.7 Å². The maximum Gasteiger partial charge on any atom is 0.257 e. The molecule has 2 atom stereocenters. The number of ether oxygens (including phenoxy) is 1. The molecule has 0 radical (unpaired) electrons. The topological polar surface area (TPSA) is 53.0 Å². The van der Waals surface area contributed by atoms with Gasteiger partial charge in [0.05, 0.1) is 17.8 Å². The van der Waals surface area contributed by atoms with Crippen molar-refractivity contribution in [3.05, 3.63) is 29.8 Å². The molecule has 2 aliphatic heterocycles. The van der Waals surface area contributed by atoms with Crippen LogP contribution in [-0.2, 0) is 4.74 Å². The number of para-hydroxylation sites is 1. The number of nitrogens with zero attached hydrogens (tertiary/aromatic N) is 2. The lowest BCUT2D eigenvalue weighted by Crippen LogP contribution is -2.48. The van der Waals surface area contributed by atoms with Gasteiger partial charge >= 0.3 is 0 Å². The van der Waals surface area contributed by atoms with E-state index in [2.05, 4.69) is 18.7 Å². The summed E-state index contributed by atoms with van der Waals surface area (Å²) < 4.78 is 5.80. The van der Waals surface area contributed by atoms with E-state index in [1.165, 1.54) is 0 Å².